The molecule has 0 aliphatic heterocycles. The summed E-state index contributed by atoms with van der Waals surface area (Å²) in [5.41, 5.74) is 1.90. The number of carbonyl (C=O) groups is 1. The molecule has 1 amide bonds. The molecule has 96 valence electrons. The Morgan fingerprint density at radius 2 is 2.28 bits per heavy atom. The summed E-state index contributed by atoms with van der Waals surface area (Å²) in [6, 6.07) is 1.87. The molecule has 0 radical (unpaired) electrons. The summed E-state index contributed by atoms with van der Waals surface area (Å²) in [6.45, 7) is 2.59. The zero-order valence-corrected chi connectivity index (χ0v) is 11.8. The Kier molecular flexibility index (Phi) is 3.81. The van der Waals surface area contributed by atoms with Crippen LogP contribution in [0, 0.1) is 6.92 Å². The predicted octanol–water partition coefficient (Wildman–Crippen LogP) is 1.00. The van der Waals surface area contributed by atoms with Gasteiger partial charge >= 0.3 is 0 Å². The van der Waals surface area contributed by atoms with Crippen LogP contribution in [0.15, 0.2) is 22.9 Å². The molecule has 1 N–H and O–H groups in total. The predicted molar refractivity (Wildman–Crippen MR) is 69.7 cm³/mol. The van der Waals surface area contributed by atoms with Crippen molar-refractivity contribution in [2.24, 2.45) is 7.05 Å². The molecule has 0 aromatic carbocycles. The second-order valence-corrected chi connectivity index (χ2v) is 4.82. The molecule has 0 atom stereocenters. The molecule has 2 heterocycles. The maximum absolute atomic E-state index is 11.8. The monoisotopic (exact) mass is 311 g/mol. The van der Waals surface area contributed by atoms with Crippen molar-refractivity contribution < 1.29 is 4.79 Å². The van der Waals surface area contributed by atoms with Gasteiger partial charge in [0.05, 0.1) is 22.9 Å². The number of hydrogen-bond donors (Lipinski definition) is 1. The van der Waals surface area contributed by atoms with Crippen molar-refractivity contribution >= 4 is 21.8 Å². The van der Waals surface area contributed by atoms with Gasteiger partial charge < -0.3 is 5.32 Å². The fraction of sp³-hybridized carbons (Fsp3) is 0.364. The van der Waals surface area contributed by atoms with Crippen LogP contribution < -0.4 is 5.32 Å². The number of amides is 1. The summed E-state index contributed by atoms with van der Waals surface area (Å²) >= 11 is 3.39. The molecule has 0 aliphatic carbocycles. The van der Waals surface area contributed by atoms with Crippen molar-refractivity contribution in [3.63, 3.8) is 0 Å². The zero-order valence-electron chi connectivity index (χ0n) is 10.2. The Bertz CT molecular complexity index is 540. The van der Waals surface area contributed by atoms with Crippen LogP contribution in [0.3, 0.4) is 0 Å². The van der Waals surface area contributed by atoms with Crippen LogP contribution >= 0.6 is 15.9 Å². The maximum Gasteiger partial charge on any atom is 0.242 e. The van der Waals surface area contributed by atoms with Crippen LogP contribution in [0.1, 0.15) is 11.4 Å². The minimum absolute atomic E-state index is 0.0742. The van der Waals surface area contributed by atoms with E-state index in [1.165, 1.54) is 0 Å². The third-order valence-corrected chi connectivity index (χ3v) is 3.35. The van der Waals surface area contributed by atoms with Crippen LogP contribution in [0.5, 0.6) is 0 Å². The van der Waals surface area contributed by atoms with Crippen LogP contribution in [0.4, 0.5) is 0 Å². The minimum atomic E-state index is -0.0742. The van der Waals surface area contributed by atoms with Crippen molar-refractivity contribution in [3.05, 3.63) is 34.3 Å². The van der Waals surface area contributed by atoms with E-state index in [1.807, 2.05) is 20.0 Å². The van der Waals surface area contributed by atoms with Crippen LogP contribution in [-0.2, 0) is 24.9 Å². The van der Waals surface area contributed by atoms with Crippen molar-refractivity contribution in [1.29, 1.82) is 0 Å². The quantitative estimate of drug-likeness (QED) is 0.916. The Morgan fingerprint density at radius 3 is 2.83 bits per heavy atom. The summed E-state index contributed by atoms with van der Waals surface area (Å²) < 4.78 is 4.28. The third kappa shape index (κ3) is 2.79. The van der Waals surface area contributed by atoms with Crippen LogP contribution in [-0.4, -0.2) is 25.5 Å². The van der Waals surface area contributed by atoms with Gasteiger partial charge in [-0.25, -0.2) is 0 Å². The highest BCUT2D eigenvalue weighted by molar-refractivity contribution is 9.10. The van der Waals surface area contributed by atoms with Crippen molar-refractivity contribution in [3.8, 4) is 0 Å². The standard InChI is InChI=1S/C11H14BrN5O/c1-8-3-4-14-17(8)7-11(18)13-6-10-9(12)5-15-16(10)2/h3-5H,6-7H2,1-2H3,(H,13,18). The molecule has 0 spiro atoms. The molecule has 2 rings (SSSR count). The lowest BCUT2D eigenvalue weighted by molar-refractivity contribution is -0.122. The average Bonchev–Trinajstić information content (AvgIpc) is 2.85. The minimum Gasteiger partial charge on any atom is -0.349 e. The normalized spacial score (nSPS) is 10.6. The summed E-state index contributed by atoms with van der Waals surface area (Å²) in [7, 11) is 1.84. The summed E-state index contributed by atoms with van der Waals surface area (Å²) in [6.07, 6.45) is 3.39. The number of rotatable bonds is 4. The number of aromatic nitrogens is 4. The van der Waals surface area contributed by atoms with Crippen molar-refractivity contribution in [2.45, 2.75) is 20.0 Å². The number of nitrogens with one attached hydrogen (secondary N) is 1. The van der Waals surface area contributed by atoms with Gasteiger partial charge in [-0.1, -0.05) is 0 Å². The third-order valence-electron chi connectivity index (χ3n) is 2.69. The average molecular weight is 312 g/mol. The molecule has 0 saturated heterocycles. The Morgan fingerprint density at radius 1 is 1.50 bits per heavy atom. The molecule has 0 fully saturated rings. The molecule has 2 aromatic rings. The van der Waals surface area contributed by atoms with E-state index in [1.54, 1.807) is 21.8 Å². The molecule has 18 heavy (non-hydrogen) atoms. The van der Waals surface area contributed by atoms with Gasteiger partial charge in [-0.15, -0.1) is 0 Å². The highest BCUT2D eigenvalue weighted by atomic mass is 79.9. The van der Waals surface area contributed by atoms with E-state index in [4.69, 9.17) is 0 Å². The van der Waals surface area contributed by atoms with Gasteiger partial charge in [-0.05, 0) is 28.9 Å². The Hall–Kier alpha value is -1.63. The van der Waals surface area contributed by atoms with E-state index in [-0.39, 0.29) is 12.5 Å². The first-order chi connectivity index (χ1) is 8.58. The zero-order chi connectivity index (χ0) is 13.1. The van der Waals surface area contributed by atoms with E-state index in [9.17, 15) is 4.79 Å². The molecule has 0 bridgehead atoms. The smallest absolute Gasteiger partial charge is 0.242 e. The van der Waals surface area contributed by atoms with E-state index in [0.29, 0.717) is 6.54 Å². The first-order valence-electron chi connectivity index (χ1n) is 5.49. The summed E-state index contributed by atoms with van der Waals surface area (Å²) in [4.78, 5) is 11.8. The van der Waals surface area contributed by atoms with Crippen molar-refractivity contribution in [2.75, 3.05) is 0 Å². The Labute approximate surface area is 113 Å². The lowest BCUT2D eigenvalue weighted by atomic mass is 10.4. The van der Waals surface area contributed by atoms with E-state index < -0.39 is 0 Å². The van der Waals surface area contributed by atoms with Crippen LogP contribution in [0.2, 0.25) is 0 Å². The van der Waals surface area contributed by atoms with Gasteiger partial charge in [0.1, 0.15) is 6.54 Å². The largest absolute Gasteiger partial charge is 0.349 e. The van der Waals surface area contributed by atoms with Gasteiger partial charge in [0.25, 0.3) is 0 Å². The fourth-order valence-electron chi connectivity index (χ4n) is 1.57. The summed E-state index contributed by atoms with van der Waals surface area (Å²) in [5, 5.41) is 11.0. The van der Waals surface area contributed by atoms with Gasteiger partial charge in [-0.3, -0.25) is 14.2 Å². The highest BCUT2D eigenvalue weighted by Gasteiger charge is 2.09. The number of hydrogen-bond acceptors (Lipinski definition) is 3. The first kappa shape index (κ1) is 12.8. The molecular formula is C11H14BrN5O. The van der Waals surface area contributed by atoms with E-state index in [2.05, 4.69) is 31.4 Å². The molecule has 0 aliphatic rings. The number of halogens is 1. The highest BCUT2D eigenvalue weighted by Crippen LogP contribution is 2.14. The first-order valence-corrected chi connectivity index (χ1v) is 6.28. The number of nitrogens with zero attached hydrogens (tertiary/aromatic N) is 4. The van der Waals surface area contributed by atoms with Crippen LogP contribution in [0.25, 0.3) is 0 Å². The molecule has 0 unspecified atom stereocenters. The molecule has 6 nitrogen and oxygen atoms in total. The van der Waals surface area contributed by atoms with Gasteiger partial charge in [0, 0.05) is 18.9 Å². The topological polar surface area (TPSA) is 64.7 Å². The van der Waals surface area contributed by atoms with Gasteiger partial charge in [0.2, 0.25) is 5.91 Å². The Balaban J connectivity index is 1.91. The number of carbonyl (C=O) groups excluding carboxylic acids is 1. The lowest BCUT2D eigenvalue weighted by Crippen LogP contribution is -2.28. The second kappa shape index (κ2) is 5.34. The molecule has 7 heteroatoms. The molecule has 0 saturated carbocycles. The van der Waals surface area contributed by atoms with E-state index in [0.717, 1.165) is 15.9 Å². The number of aryl methyl sites for hydroxylation is 2. The molecule has 2 aromatic heterocycles. The second-order valence-electron chi connectivity index (χ2n) is 3.97. The van der Waals surface area contributed by atoms with Gasteiger partial charge in [0.15, 0.2) is 0 Å². The maximum atomic E-state index is 11.8. The summed E-state index contributed by atoms with van der Waals surface area (Å²) in [5.74, 6) is -0.0742. The fourth-order valence-corrected chi connectivity index (χ4v) is 2.06. The SMILES string of the molecule is Cc1ccnn1CC(=O)NCc1c(Br)cnn1C. The van der Waals surface area contributed by atoms with Gasteiger partial charge in [-0.2, -0.15) is 10.2 Å². The lowest BCUT2D eigenvalue weighted by Gasteiger charge is -2.07. The van der Waals surface area contributed by atoms with E-state index >= 15 is 0 Å². The van der Waals surface area contributed by atoms with Crippen molar-refractivity contribution in [1.82, 2.24) is 24.9 Å². The molecular weight excluding hydrogens is 298 g/mol.